The summed E-state index contributed by atoms with van der Waals surface area (Å²) in [5, 5.41) is 15.3. The standard InChI is InChI=1S/C36H45N3O7/c1-6-8-13-29(41)37-20-23(5)45-35(44)30-28-16-17-36(46-28)31(30)33(42)39(27(21-40)22(3)4)32(36)34(43)38(18-7-2)26-15-14-24-11-9-10-12-25(24)19-26/h6-7,9-12,14-15,19,22-23,27-28,30-32,40H,1-2,8,13,16-18,20-21H2,3-5H3,(H,37,41)/t23-,27-,28+,30-,31-,32+,36-/m0/s1. The Morgan fingerprint density at radius 3 is 2.57 bits per heavy atom. The zero-order valence-corrected chi connectivity index (χ0v) is 26.9. The molecule has 3 aliphatic rings. The monoisotopic (exact) mass is 631 g/mol. The molecule has 2 aromatic rings. The van der Waals surface area contributed by atoms with Crippen LogP contribution in [0.2, 0.25) is 0 Å². The lowest BCUT2D eigenvalue weighted by Gasteiger charge is -2.40. The third-order valence-corrected chi connectivity index (χ3v) is 9.66. The summed E-state index contributed by atoms with van der Waals surface area (Å²) in [5.41, 5.74) is -0.614. The maximum Gasteiger partial charge on any atom is 0.312 e. The van der Waals surface area contributed by atoms with E-state index in [4.69, 9.17) is 9.47 Å². The van der Waals surface area contributed by atoms with Gasteiger partial charge in [-0.2, -0.15) is 0 Å². The summed E-state index contributed by atoms with van der Waals surface area (Å²) in [7, 11) is 0. The summed E-state index contributed by atoms with van der Waals surface area (Å²) in [6, 6.07) is 11.9. The second kappa shape index (κ2) is 13.8. The maximum atomic E-state index is 14.8. The van der Waals surface area contributed by atoms with Crippen LogP contribution in [0.25, 0.3) is 10.8 Å². The van der Waals surface area contributed by atoms with Crippen molar-refractivity contribution >= 4 is 40.2 Å². The highest BCUT2D eigenvalue weighted by Crippen LogP contribution is 2.59. The largest absolute Gasteiger partial charge is 0.460 e. The van der Waals surface area contributed by atoms with E-state index in [0.717, 1.165) is 10.8 Å². The molecule has 0 radical (unpaired) electrons. The number of rotatable bonds is 14. The molecule has 3 aliphatic heterocycles. The van der Waals surface area contributed by atoms with Gasteiger partial charge >= 0.3 is 5.97 Å². The lowest BCUT2D eigenvalue weighted by atomic mass is 9.70. The molecule has 10 heteroatoms. The van der Waals surface area contributed by atoms with Gasteiger partial charge in [0.1, 0.15) is 17.7 Å². The molecule has 246 valence electrons. The summed E-state index contributed by atoms with van der Waals surface area (Å²) in [6.07, 6.45) is 3.79. The van der Waals surface area contributed by atoms with E-state index in [1.165, 1.54) is 4.90 Å². The van der Waals surface area contributed by atoms with Gasteiger partial charge in [0.2, 0.25) is 11.8 Å². The maximum absolute atomic E-state index is 14.8. The Bertz CT molecular complexity index is 1510. The van der Waals surface area contributed by atoms with Gasteiger partial charge in [0.25, 0.3) is 5.91 Å². The van der Waals surface area contributed by atoms with Crippen molar-refractivity contribution in [2.45, 2.75) is 76.3 Å². The topological polar surface area (TPSA) is 125 Å². The minimum absolute atomic E-state index is 0.124. The lowest BCUT2D eigenvalue weighted by molar-refractivity contribution is -0.160. The van der Waals surface area contributed by atoms with Crippen LogP contribution >= 0.6 is 0 Å². The SMILES string of the molecule is C=CCCC(=O)NC[C@H](C)OC(=O)[C@@H]1[C@H]2C(=O)N([C@@H](CO)C(C)C)[C@H](C(=O)N(CC=C)c3ccc4ccccc4c3)[C@]23CC[C@H]1O3. The number of likely N-dealkylation sites (tertiary alicyclic amines) is 1. The number of nitrogens with one attached hydrogen (secondary N) is 1. The van der Waals surface area contributed by atoms with Crippen molar-refractivity contribution in [2.75, 3.05) is 24.6 Å². The normalized spacial score (nSPS) is 26.1. The number of esters is 1. The van der Waals surface area contributed by atoms with Crippen LogP contribution in [0.1, 0.15) is 46.5 Å². The number of allylic oxidation sites excluding steroid dienone is 1. The molecule has 0 unspecified atom stereocenters. The van der Waals surface area contributed by atoms with Crippen LogP contribution in [0.5, 0.6) is 0 Å². The van der Waals surface area contributed by atoms with Crippen LogP contribution in [-0.2, 0) is 28.7 Å². The minimum atomic E-state index is -1.26. The number of hydrogen-bond acceptors (Lipinski definition) is 7. The average Bonchev–Trinajstić information content (AvgIpc) is 3.69. The lowest BCUT2D eigenvalue weighted by Crippen LogP contribution is -2.59. The van der Waals surface area contributed by atoms with E-state index in [-0.39, 0.29) is 43.8 Å². The fraction of sp³-hybridized carbons (Fsp3) is 0.500. The fourth-order valence-corrected chi connectivity index (χ4v) is 7.46. The molecule has 2 aromatic carbocycles. The Hall–Kier alpha value is -4.02. The predicted molar refractivity (Wildman–Crippen MR) is 175 cm³/mol. The van der Waals surface area contributed by atoms with Gasteiger partial charge < -0.3 is 29.7 Å². The van der Waals surface area contributed by atoms with Crippen LogP contribution in [0.4, 0.5) is 5.69 Å². The molecule has 3 amide bonds. The van der Waals surface area contributed by atoms with Crippen molar-refractivity contribution in [2.24, 2.45) is 17.8 Å². The Morgan fingerprint density at radius 2 is 1.89 bits per heavy atom. The van der Waals surface area contributed by atoms with Gasteiger partial charge in [0.15, 0.2) is 0 Å². The molecule has 0 saturated carbocycles. The van der Waals surface area contributed by atoms with Gasteiger partial charge in [-0.1, -0.05) is 56.3 Å². The molecule has 2 N–H and O–H groups in total. The average molecular weight is 632 g/mol. The molecule has 0 aromatic heterocycles. The molecular formula is C36H45N3O7. The number of hydrogen-bond donors (Lipinski definition) is 2. The highest BCUT2D eigenvalue weighted by molar-refractivity contribution is 6.05. The first-order valence-electron chi connectivity index (χ1n) is 16.2. The van der Waals surface area contributed by atoms with Crippen molar-refractivity contribution in [1.29, 1.82) is 0 Å². The minimum Gasteiger partial charge on any atom is -0.460 e. The van der Waals surface area contributed by atoms with E-state index < -0.39 is 53.6 Å². The van der Waals surface area contributed by atoms with Crippen LogP contribution in [0.3, 0.4) is 0 Å². The second-order valence-electron chi connectivity index (χ2n) is 12.9. The molecule has 10 nitrogen and oxygen atoms in total. The van der Waals surface area contributed by atoms with E-state index in [1.54, 1.807) is 24.0 Å². The van der Waals surface area contributed by atoms with Crippen LogP contribution < -0.4 is 10.2 Å². The first kappa shape index (κ1) is 33.3. The number of fused-ring (bicyclic) bond motifs is 2. The van der Waals surface area contributed by atoms with Crippen molar-refractivity contribution < 1.29 is 33.8 Å². The number of anilines is 1. The molecular weight excluding hydrogens is 586 g/mol. The molecule has 3 saturated heterocycles. The summed E-state index contributed by atoms with van der Waals surface area (Å²) in [4.78, 5) is 58.2. The zero-order chi connectivity index (χ0) is 33.2. The summed E-state index contributed by atoms with van der Waals surface area (Å²) >= 11 is 0. The Kier molecular flexibility index (Phi) is 9.98. The van der Waals surface area contributed by atoms with Crippen LogP contribution in [0, 0.1) is 17.8 Å². The van der Waals surface area contributed by atoms with E-state index in [1.807, 2.05) is 56.3 Å². The van der Waals surface area contributed by atoms with Gasteiger partial charge in [-0.25, -0.2) is 0 Å². The van der Waals surface area contributed by atoms with Gasteiger partial charge in [0.05, 0.1) is 37.1 Å². The highest BCUT2D eigenvalue weighted by atomic mass is 16.6. The molecule has 7 atom stereocenters. The predicted octanol–water partition coefficient (Wildman–Crippen LogP) is 3.76. The van der Waals surface area contributed by atoms with Crippen LogP contribution in [0.15, 0.2) is 67.8 Å². The second-order valence-corrected chi connectivity index (χ2v) is 12.9. The van der Waals surface area contributed by atoms with E-state index in [0.29, 0.717) is 24.9 Å². The molecule has 0 aliphatic carbocycles. The van der Waals surface area contributed by atoms with Gasteiger partial charge in [-0.3, -0.25) is 19.2 Å². The first-order valence-corrected chi connectivity index (χ1v) is 16.2. The van der Waals surface area contributed by atoms with Crippen LogP contribution in [-0.4, -0.2) is 83.3 Å². The molecule has 3 heterocycles. The van der Waals surface area contributed by atoms with E-state index in [2.05, 4.69) is 18.5 Å². The molecule has 1 spiro atoms. The molecule has 3 fully saturated rings. The molecule has 2 bridgehead atoms. The Balaban J connectivity index is 1.47. The summed E-state index contributed by atoms with van der Waals surface area (Å²) < 4.78 is 12.4. The third kappa shape index (κ3) is 5.96. The highest BCUT2D eigenvalue weighted by Gasteiger charge is 2.75. The zero-order valence-electron chi connectivity index (χ0n) is 26.9. The van der Waals surface area contributed by atoms with Crippen molar-refractivity contribution in [3.8, 4) is 0 Å². The number of aliphatic hydroxyl groups is 1. The van der Waals surface area contributed by atoms with Crippen molar-refractivity contribution in [3.63, 3.8) is 0 Å². The number of carbonyl (C=O) groups is 4. The summed E-state index contributed by atoms with van der Waals surface area (Å²) in [6.45, 7) is 12.9. The number of ether oxygens (including phenoxy) is 2. The Labute approximate surface area is 270 Å². The molecule has 5 rings (SSSR count). The van der Waals surface area contributed by atoms with Gasteiger partial charge in [0, 0.05) is 18.7 Å². The van der Waals surface area contributed by atoms with E-state index in [9.17, 15) is 24.3 Å². The first-order chi connectivity index (χ1) is 22.1. The number of amides is 3. The third-order valence-electron chi connectivity index (χ3n) is 9.66. The quantitative estimate of drug-likeness (QED) is 0.240. The van der Waals surface area contributed by atoms with Crippen molar-refractivity contribution in [3.05, 3.63) is 67.8 Å². The fourth-order valence-electron chi connectivity index (χ4n) is 7.46. The van der Waals surface area contributed by atoms with E-state index >= 15 is 0 Å². The molecule has 46 heavy (non-hydrogen) atoms. The van der Waals surface area contributed by atoms with Crippen molar-refractivity contribution in [1.82, 2.24) is 10.2 Å². The number of benzene rings is 2. The van der Waals surface area contributed by atoms with Gasteiger partial charge in [-0.05, 0) is 55.0 Å². The van der Waals surface area contributed by atoms with Gasteiger partial charge in [-0.15, -0.1) is 13.2 Å². The smallest absolute Gasteiger partial charge is 0.312 e. The Morgan fingerprint density at radius 1 is 1.15 bits per heavy atom. The summed E-state index contributed by atoms with van der Waals surface area (Å²) in [5.74, 6) is -3.55. The number of nitrogens with zero attached hydrogens (tertiary/aromatic N) is 2. The number of aliphatic hydroxyl groups excluding tert-OH is 1. The number of carbonyl (C=O) groups excluding carboxylic acids is 4.